The van der Waals surface area contributed by atoms with Gasteiger partial charge in [-0.3, -0.25) is 4.79 Å². The minimum absolute atomic E-state index is 0.000224. The van der Waals surface area contributed by atoms with Gasteiger partial charge in [-0.05, 0) is 50.9 Å². The second-order valence-corrected chi connectivity index (χ2v) is 6.70. The number of aliphatic hydroxyl groups excluding tert-OH is 1. The first-order valence-corrected chi connectivity index (χ1v) is 8.30. The van der Waals surface area contributed by atoms with Crippen LogP contribution in [0.25, 0.3) is 0 Å². The molecule has 23 heavy (non-hydrogen) atoms. The molecule has 1 aromatic carbocycles. The summed E-state index contributed by atoms with van der Waals surface area (Å²) in [4.78, 5) is 15.9. The number of hydrogen-bond donors (Lipinski definition) is 1. The molecule has 1 heterocycles. The van der Waals surface area contributed by atoms with Gasteiger partial charge >= 0.3 is 0 Å². The minimum atomic E-state index is -0.449. The summed E-state index contributed by atoms with van der Waals surface area (Å²) < 4.78 is 0. The molecule has 0 bridgehead atoms. The quantitative estimate of drug-likeness (QED) is 0.843. The molecule has 0 radical (unpaired) electrons. The highest BCUT2D eigenvalue weighted by molar-refractivity contribution is 5.87. The van der Waals surface area contributed by atoms with E-state index in [1.165, 1.54) is 11.1 Å². The lowest BCUT2D eigenvalue weighted by Crippen LogP contribution is -2.46. The highest BCUT2D eigenvalue weighted by Crippen LogP contribution is 2.23. The Hall–Kier alpha value is -1.65. The van der Waals surface area contributed by atoms with E-state index in [9.17, 15) is 9.90 Å². The first-order chi connectivity index (χ1) is 11.0. The Labute approximate surface area is 139 Å². The molecule has 1 fully saturated rings. The maximum atomic E-state index is 12.2. The Bertz CT molecular complexity index is 554. The fraction of sp³-hybridized carbons (Fsp3) is 0.526. The maximum Gasteiger partial charge on any atom is 0.246 e. The van der Waals surface area contributed by atoms with Gasteiger partial charge in [0.05, 0.1) is 6.10 Å². The van der Waals surface area contributed by atoms with E-state index in [0.29, 0.717) is 6.54 Å². The van der Waals surface area contributed by atoms with E-state index in [-0.39, 0.29) is 11.8 Å². The maximum absolute atomic E-state index is 12.2. The van der Waals surface area contributed by atoms with E-state index in [1.807, 2.05) is 37.2 Å². The fourth-order valence-corrected chi connectivity index (χ4v) is 3.01. The van der Waals surface area contributed by atoms with Gasteiger partial charge in [0.25, 0.3) is 0 Å². The molecule has 1 N–H and O–H groups in total. The molecule has 126 valence electrons. The molecule has 0 spiro atoms. The second-order valence-electron chi connectivity index (χ2n) is 6.70. The van der Waals surface area contributed by atoms with Gasteiger partial charge in [-0.15, -0.1) is 0 Å². The third-order valence-corrected chi connectivity index (χ3v) is 4.51. The fourth-order valence-electron chi connectivity index (χ4n) is 3.01. The molecule has 0 saturated carbocycles. The smallest absolute Gasteiger partial charge is 0.246 e. The number of carbonyl (C=O) groups is 1. The molecule has 4 heteroatoms. The third-order valence-electron chi connectivity index (χ3n) is 4.51. The van der Waals surface area contributed by atoms with Gasteiger partial charge in [0.2, 0.25) is 5.91 Å². The first kappa shape index (κ1) is 17.7. The number of carbonyl (C=O) groups excluding carboxylic acids is 1. The number of aryl methyl sites for hydroxylation is 1. The molecule has 0 aromatic heterocycles. The van der Waals surface area contributed by atoms with Crippen LogP contribution in [-0.4, -0.2) is 60.6 Å². The Morgan fingerprint density at radius 3 is 2.78 bits per heavy atom. The monoisotopic (exact) mass is 316 g/mol. The van der Waals surface area contributed by atoms with Crippen molar-refractivity contribution in [2.24, 2.45) is 5.92 Å². The van der Waals surface area contributed by atoms with Gasteiger partial charge in [-0.2, -0.15) is 0 Å². The predicted octanol–water partition coefficient (Wildman–Crippen LogP) is 1.86. The van der Waals surface area contributed by atoms with Gasteiger partial charge < -0.3 is 14.9 Å². The average molecular weight is 316 g/mol. The number of likely N-dealkylation sites (N-methyl/N-ethyl adjacent to an activating group) is 1. The van der Waals surface area contributed by atoms with Gasteiger partial charge in [-0.1, -0.05) is 30.3 Å². The van der Waals surface area contributed by atoms with Crippen LogP contribution in [0.2, 0.25) is 0 Å². The van der Waals surface area contributed by atoms with Gasteiger partial charge in [0.1, 0.15) is 0 Å². The molecule has 1 amide bonds. The van der Waals surface area contributed by atoms with Crippen LogP contribution < -0.4 is 0 Å². The highest BCUT2D eigenvalue weighted by Gasteiger charge is 2.29. The van der Waals surface area contributed by atoms with Crippen LogP contribution in [0, 0.1) is 12.8 Å². The van der Waals surface area contributed by atoms with E-state index in [2.05, 4.69) is 19.1 Å². The lowest BCUT2D eigenvalue weighted by Gasteiger charge is -2.35. The van der Waals surface area contributed by atoms with Gasteiger partial charge in [0.15, 0.2) is 0 Å². The Morgan fingerprint density at radius 2 is 2.13 bits per heavy atom. The van der Waals surface area contributed by atoms with Crippen molar-refractivity contribution in [3.05, 3.63) is 47.5 Å². The van der Waals surface area contributed by atoms with Gasteiger partial charge in [-0.25, -0.2) is 0 Å². The number of β-amino-alcohol motifs (C(OH)–C–C–N with tert-alkyl or cyclic N) is 1. The standard InChI is InChI=1S/C19H28N2O2/c1-15-7-4-5-8-16(15)13-17-10-12-21(14-18(17)22)19(23)9-6-11-20(2)3/h4-9,17-18,22H,10-14H2,1-3H3/b9-6+/t17-,18+/m1/s1. The molecule has 4 nitrogen and oxygen atoms in total. The largest absolute Gasteiger partial charge is 0.391 e. The zero-order valence-corrected chi connectivity index (χ0v) is 14.4. The summed E-state index contributed by atoms with van der Waals surface area (Å²) in [5.41, 5.74) is 2.56. The lowest BCUT2D eigenvalue weighted by molar-refractivity contribution is -0.130. The van der Waals surface area contributed by atoms with Crippen molar-refractivity contribution in [3.63, 3.8) is 0 Å². The summed E-state index contributed by atoms with van der Waals surface area (Å²) in [6.07, 6.45) is 4.77. The average Bonchev–Trinajstić information content (AvgIpc) is 2.50. The molecule has 0 aliphatic carbocycles. The molecule has 1 aliphatic heterocycles. The van der Waals surface area contributed by atoms with Crippen LogP contribution in [-0.2, 0) is 11.2 Å². The zero-order chi connectivity index (χ0) is 16.8. The van der Waals surface area contributed by atoms with Crippen molar-refractivity contribution in [1.82, 2.24) is 9.80 Å². The minimum Gasteiger partial charge on any atom is -0.391 e. The van der Waals surface area contributed by atoms with E-state index in [0.717, 1.165) is 25.9 Å². The zero-order valence-electron chi connectivity index (χ0n) is 14.4. The predicted molar refractivity (Wildman–Crippen MR) is 93.3 cm³/mol. The summed E-state index contributed by atoms with van der Waals surface area (Å²) in [7, 11) is 3.94. The van der Waals surface area contributed by atoms with Gasteiger partial charge in [0, 0.05) is 25.7 Å². The van der Waals surface area contributed by atoms with Crippen molar-refractivity contribution in [1.29, 1.82) is 0 Å². The van der Waals surface area contributed by atoms with Crippen LogP contribution in [0.5, 0.6) is 0 Å². The number of hydrogen-bond acceptors (Lipinski definition) is 3. The van der Waals surface area contributed by atoms with Crippen molar-refractivity contribution >= 4 is 5.91 Å². The molecule has 1 aliphatic rings. The number of rotatable bonds is 5. The van der Waals surface area contributed by atoms with E-state index in [1.54, 1.807) is 11.0 Å². The van der Waals surface area contributed by atoms with E-state index < -0.39 is 6.10 Å². The normalized spacial score (nSPS) is 22.0. The van der Waals surface area contributed by atoms with E-state index >= 15 is 0 Å². The molecule has 1 aromatic rings. The van der Waals surface area contributed by atoms with Crippen LogP contribution in [0.15, 0.2) is 36.4 Å². The third kappa shape index (κ3) is 5.19. The highest BCUT2D eigenvalue weighted by atomic mass is 16.3. The van der Waals surface area contributed by atoms with E-state index in [4.69, 9.17) is 0 Å². The Morgan fingerprint density at radius 1 is 1.39 bits per heavy atom. The van der Waals surface area contributed by atoms with Crippen molar-refractivity contribution in [2.45, 2.75) is 25.9 Å². The number of amides is 1. The van der Waals surface area contributed by atoms with Crippen molar-refractivity contribution in [2.75, 3.05) is 33.7 Å². The lowest BCUT2D eigenvalue weighted by atomic mass is 9.86. The summed E-state index contributed by atoms with van der Waals surface area (Å²) in [6, 6.07) is 8.32. The number of nitrogens with zero attached hydrogens (tertiary/aromatic N) is 2. The molecule has 2 atom stereocenters. The Kier molecular flexibility index (Phi) is 6.37. The number of piperidine rings is 1. The van der Waals surface area contributed by atoms with Crippen molar-refractivity contribution < 1.29 is 9.90 Å². The van der Waals surface area contributed by atoms with Crippen LogP contribution in [0.3, 0.4) is 0 Å². The molecule has 1 saturated heterocycles. The second kappa shape index (κ2) is 8.27. The van der Waals surface area contributed by atoms with Crippen molar-refractivity contribution in [3.8, 4) is 0 Å². The SMILES string of the molecule is Cc1ccccc1C[C@H]1CCN(C(=O)/C=C/CN(C)C)C[C@@H]1O. The molecular formula is C19H28N2O2. The number of aliphatic hydroxyl groups is 1. The number of likely N-dealkylation sites (tertiary alicyclic amines) is 1. The number of benzene rings is 1. The summed E-state index contributed by atoms with van der Waals surface area (Å²) in [6.45, 7) is 4.01. The van der Waals surface area contributed by atoms with Crippen LogP contribution >= 0.6 is 0 Å². The van der Waals surface area contributed by atoms with Crippen LogP contribution in [0.4, 0.5) is 0 Å². The summed E-state index contributed by atoms with van der Waals surface area (Å²) in [5, 5.41) is 10.4. The summed E-state index contributed by atoms with van der Waals surface area (Å²) >= 11 is 0. The summed E-state index contributed by atoms with van der Waals surface area (Å²) in [5.74, 6) is 0.228. The molecule has 0 unspecified atom stereocenters. The Balaban J connectivity index is 1.88. The van der Waals surface area contributed by atoms with Crippen LogP contribution in [0.1, 0.15) is 17.5 Å². The first-order valence-electron chi connectivity index (χ1n) is 8.30. The topological polar surface area (TPSA) is 43.8 Å². The molecular weight excluding hydrogens is 288 g/mol. The molecule has 2 rings (SSSR count).